The van der Waals surface area contributed by atoms with Crippen LogP contribution in [0, 0.1) is 0 Å². The highest BCUT2D eigenvalue weighted by atomic mass is 16.5. The van der Waals surface area contributed by atoms with Crippen LogP contribution in [-0.2, 0) is 11.8 Å². The molecule has 1 saturated heterocycles. The number of ether oxygens (including phenoxy) is 1. The largest absolute Gasteiger partial charge is 0.366 e. The summed E-state index contributed by atoms with van der Waals surface area (Å²) in [6.45, 7) is 0. The number of aromatic nitrogens is 1. The summed E-state index contributed by atoms with van der Waals surface area (Å²) in [7, 11) is 2.15. The highest BCUT2D eigenvalue weighted by Gasteiger charge is 2.40. The Labute approximate surface area is 146 Å². The van der Waals surface area contributed by atoms with Gasteiger partial charge in [-0.05, 0) is 52.4 Å². The molecule has 2 aliphatic rings. The zero-order chi connectivity index (χ0) is 16.5. The van der Waals surface area contributed by atoms with E-state index in [9.17, 15) is 0 Å². The Bertz CT molecular complexity index is 1150. The van der Waals surface area contributed by atoms with E-state index in [2.05, 4.69) is 72.4 Å². The molecule has 2 nitrogen and oxygen atoms in total. The second-order valence-electron chi connectivity index (χ2n) is 7.33. The van der Waals surface area contributed by atoms with Gasteiger partial charge in [-0.2, -0.15) is 0 Å². The van der Waals surface area contributed by atoms with Crippen molar-refractivity contribution in [1.82, 2.24) is 4.57 Å². The molecule has 3 aromatic carbocycles. The van der Waals surface area contributed by atoms with E-state index < -0.39 is 0 Å². The number of nitrogens with zero attached hydrogens (tertiary/aromatic N) is 1. The van der Waals surface area contributed by atoms with Crippen LogP contribution in [0.3, 0.4) is 0 Å². The van der Waals surface area contributed by atoms with Crippen molar-refractivity contribution in [1.29, 1.82) is 0 Å². The van der Waals surface area contributed by atoms with Crippen LogP contribution in [0.5, 0.6) is 0 Å². The predicted octanol–water partition coefficient (Wildman–Crippen LogP) is 5.90. The SMILES string of the molecule is Cn1ccc2c(-c3cccc4ccccc34)cc3c(c21)C1CCC3O1. The van der Waals surface area contributed by atoms with Crippen molar-refractivity contribution in [2.45, 2.75) is 25.0 Å². The molecule has 0 amide bonds. The standard InChI is InChI=1S/C23H19NO/c1-24-12-11-17-18(16-8-4-6-14-5-2-3-7-15(14)16)13-19-20-9-10-21(25-20)22(19)23(17)24/h2-8,11-13,20-21H,9-10H2,1H3. The first-order valence-electron chi connectivity index (χ1n) is 9.06. The van der Waals surface area contributed by atoms with E-state index in [-0.39, 0.29) is 12.2 Å². The molecule has 0 saturated carbocycles. The number of hydrogen-bond acceptors (Lipinski definition) is 1. The van der Waals surface area contributed by atoms with E-state index in [0.717, 1.165) is 12.8 Å². The smallest absolute Gasteiger partial charge is 0.0858 e. The van der Waals surface area contributed by atoms with Crippen LogP contribution in [0.25, 0.3) is 32.8 Å². The summed E-state index contributed by atoms with van der Waals surface area (Å²) in [6, 6.07) is 20.0. The van der Waals surface area contributed by atoms with Crippen molar-refractivity contribution >= 4 is 21.7 Å². The fourth-order valence-corrected chi connectivity index (χ4v) is 4.90. The minimum absolute atomic E-state index is 0.285. The zero-order valence-electron chi connectivity index (χ0n) is 14.2. The second-order valence-corrected chi connectivity index (χ2v) is 7.33. The Morgan fingerprint density at radius 2 is 1.72 bits per heavy atom. The summed E-state index contributed by atoms with van der Waals surface area (Å²) in [5.74, 6) is 0. The molecule has 0 radical (unpaired) electrons. The Hall–Kier alpha value is -2.58. The van der Waals surface area contributed by atoms with Crippen LogP contribution in [0.1, 0.15) is 36.2 Å². The Kier molecular flexibility index (Phi) is 2.59. The van der Waals surface area contributed by atoms with Gasteiger partial charge in [0.15, 0.2) is 0 Å². The number of benzene rings is 3. The van der Waals surface area contributed by atoms with Crippen molar-refractivity contribution < 1.29 is 4.74 Å². The minimum Gasteiger partial charge on any atom is -0.366 e. The van der Waals surface area contributed by atoms with Crippen LogP contribution >= 0.6 is 0 Å². The maximum Gasteiger partial charge on any atom is 0.0858 e. The van der Waals surface area contributed by atoms with Gasteiger partial charge in [-0.1, -0.05) is 42.5 Å². The average Bonchev–Trinajstić information content (AvgIpc) is 3.36. The summed E-state index contributed by atoms with van der Waals surface area (Å²) in [5, 5.41) is 3.95. The fourth-order valence-electron chi connectivity index (χ4n) is 4.90. The second kappa shape index (κ2) is 4.74. The molecule has 25 heavy (non-hydrogen) atoms. The third kappa shape index (κ3) is 1.73. The first-order chi connectivity index (χ1) is 12.3. The lowest BCUT2D eigenvalue weighted by Gasteiger charge is -2.18. The predicted molar refractivity (Wildman–Crippen MR) is 102 cm³/mol. The molecule has 2 aliphatic heterocycles. The average molecular weight is 325 g/mol. The molecule has 1 fully saturated rings. The van der Waals surface area contributed by atoms with Gasteiger partial charge in [-0.3, -0.25) is 0 Å². The molecule has 0 spiro atoms. The molecule has 2 unspecified atom stereocenters. The zero-order valence-corrected chi connectivity index (χ0v) is 14.2. The van der Waals surface area contributed by atoms with Gasteiger partial charge in [0.1, 0.15) is 0 Å². The van der Waals surface area contributed by atoms with Crippen molar-refractivity contribution in [3.8, 4) is 11.1 Å². The molecule has 122 valence electrons. The van der Waals surface area contributed by atoms with Crippen LogP contribution in [0.4, 0.5) is 0 Å². The number of aryl methyl sites for hydroxylation is 1. The lowest BCUT2D eigenvalue weighted by atomic mass is 9.85. The van der Waals surface area contributed by atoms with Crippen molar-refractivity contribution in [3.63, 3.8) is 0 Å². The Balaban J connectivity index is 1.75. The van der Waals surface area contributed by atoms with E-state index in [4.69, 9.17) is 4.74 Å². The highest BCUT2D eigenvalue weighted by molar-refractivity contribution is 6.06. The van der Waals surface area contributed by atoms with Crippen molar-refractivity contribution in [3.05, 3.63) is 71.9 Å². The van der Waals surface area contributed by atoms with Crippen LogP contribution in [0.15, 0.2) is 60.8 Å². The van der Waals surface area contributed by atoms with Crippen molar-refractivity contribution in [2.75, 3.05) is 0 Å². The topological polar surface area (TPSA) is 14.2 Å². The van der Waals surface area contributed by atoms with Crippen LogP contribution < -0.4 is 0 Å². The van der Waals surface area contributed by atoms with Crippen LogP contribution in [0.2, 0.25) is 0 Å². The minimum atomic E-state index is 0.285. The quantitative estimate of drug-likeness (QED) is 0.425. The first-order valence-corrected chi connectivity index (χ1v) is 9.06. The summed E-state index contributed by atoms with van der Waals surface area (Å²) in [6.07, 6.45) is 5.07. The molecule has 0 N–H and O–H groups in total. The van der Waals surface area contributed by atoms with Gasteiger partial charge in [0.05, 0.1) is 17.7 Å². The number of fused-ring (bicyclic) bond motifs is 8. The van der Waals surface area contributed by atoms with Gasteiger partial charge in [-0.15, -0.1) is 0 Å². The third-order valence-corrected chi connectivity index (χ3v) is 6.00. The normalized spacial score (nSPS) is 21.3. The molecule has 2 heteroatoms. The Morgan fingerprint density at radius 1 is 0.880 bits per heavy atom. The van der Waals surface area contributed by atoms with Gasteiger partial charge in [0.2, 0.25) is 0 Å². The first kappa shape index (κ1) is 13.7. The van der Waals surface area contributed by atoms with Gasteiger partial charge in [0, 0.05) is 24.2 Å². The van der Waals surface area contributed by atoms with Gasteiger partial charge < -0.3 is 9.30 Å². The van der Waals surface area contributed by atoms with Gasteiger partial charge in [-0.25, -0.2) is 0 Å². The highest BCUT2D eigenvalue weighted by Crippen LogP contribution is 2.54. The molecule has 1 aromatic heterocycles. The summed E-state index contributed by atoms with van der Waals surface area (Å²) in [4.78, 5) is 0. The van der Waals surface area contributed by atoms with E-state index in [0.29, 0.717) is 0 Å². The maximum absolute atomic E-state index is 6.24. The summed E-state index contributed by atoms with van der Waals surface area (Å²) >= 11 is 0. The number of rotatable bonds is 1. The van der Waals surface area contributed by atoms with Crippen molar-refractivity contribution in [2.24, 2.45) is 7.05 Å². The number of hydrogen-bond donors (Lipinski definition) is 0. The molecular weight excluding hydrogens is 306 g/mol. The maximum atomic E-state index is 6.24. The molecule has 6 rings (SSSR count). The molecule has 2 bridgehead atoms. The molecule has 0 aliphatic carbocycles. The van der Waals surface area contributed by atoms with E-state index in [1.807, 2.05) is 0 Å². The molecule has 4 aromatic rings. The summed E-state index contributed by atoms with van der Waals surface area (Å²) < 4.78 is 8.51. The van der Waals surface area contributed by atoms with E-state index >= 15 is 0 Å². The Morgan fingerprint density at radius 3 is 2.68 bits per heavy atom. The lowest BCUT2D eigenvalue weighted by Crippen LogP contribution is -2.02. The van der Waals surface area contributed by atoms with Gasteiger partial charge in [0.25, 0.3) is 0 Å². The fraction of sp³-hybridized carbons (Fsp3) is 0.217. The molecule has 3 heterocycles. The van der Waals surface area contributed by atoms with E-state index in [1.54, 1.807) is 0 Å². The molecular formula is C23H19NO. The molecule has 2 atom stereocenters. The lowest BCUT2D eigenvalue weighted by molar-refractivity contribution is 0.0720. The van der Waals surface area contributed by atoms with Crippen LogP contribution in [-0.4, -0.2) is 4.57 Å². The van der Waals surface area contributed by atoms with E-state index in [1.165, 1.54) is 43.9 Å². The monoisotopic (exact) mass is 325 g/mol. The third-order valence-electron chi connectivity index (χ3n) is 6.00. The van der Waals surface area contributed by atoms with Gasteiger partial charge >= 0.3 is 0 Å². The summed E-state index contributed by atoms with van der Waals surface area (Å²) in [5.41, 5.74) is 6.85.